The zero-order valence-corrected chi connectivity index (χ0v) is 9.33. The van der Waals surface area contributed by atoms with Gasteiger partial charge < -0.3 is 0 Å². The van der Waals surface area contributed by atoms with Gasteiger partial charge in [0, 0.05) is 11.1 Å². The van der Waals surface area contributed by atoms with Gasteiger partial charge in [-0.15, -0.1) is 0 Å². The molecule has 0 saturated heterocycles. The molecule has 2 aromatic carbocycles. The minimum Gasteiger partial charge on any atom is -0.166 e. The van der Waals surface area contributed by atoms with Crippen molar-refractivity contribution in [2.24, 2.45) is 0 Å². The summed E-state index contributed by atoms with van der Waals surface area (Å²) in [6, 6.07) is 14.1. The highest BCUT2D eigenvalue weighted by Gasteiger charge is 2.29. The Morgan fingerprint density at radius 1 is 0.667 bits per heavy atom. The lowest BCUT2D eigenvalue weighted by Gasteiger charge is -2.05. The van der Waals surface area contributed by atoms with Crippen LogP contribution in [-0.2, 0) is 6.18 Å². The molecule has 0 aliphatic rings. The van der Waals surface area contributed by atoms with Crippen molar-refractivity contribution in [3.63, 3.8) is 0 Å². The number of hydrogen-bond donors (Lipinski definition) is 0. The molecule has 0 saturated carbocycles. The van der Waals surface area contributed by atoms with E-state index in [1.807, 2.05) is 30.3 Å². The first-order valence-electron chi connectivity index (χ1n) is 5.30. The van der Waals surface area contributed by atoms with Gasteiger partial charge in [0.1, 0.15) is 0 Å². The summed E-state index contributed by atoms with van der Waals surface area (Å²) in [6.07, 6.45) is -4.30. The summed E-state index contributed by atoms with van der Waals surface area (Å²) < 4.78 is 37.0. The van der Waals surface area contributed by atoms with Crippen molar-refractivity contribution in [1.82, 2.24) is 0 Å². The molecule has 0 spiro atoms. The standard InChI is InChI=1S/C15H9F3/c16-15(17,18)14-10-8-13(9-11-14)7-6-12-4-2-1-3-5-12/h1-5,8-11H. The predicted molar refractivity (Wildman–Crippen MR) is 63.9 cm³/mol. The lowest BCUT2D eigenvalue weighted by Crippen LogP contribution is -2.04. The van der Waals surface area contributed by atoms with Gasteiger partial charge in [0.05, 0.1) is 5.56 Å². The summed E-state index contributed by atoms with van der Waals surface area (Å²) in [7, 11) is 0. The fraction of sp³-hybridized carbons (Fsp3) is 0.0667. The zero-order valence-electron chi connectivity index (χ0n) is 9.33. The van der Waals surface area contributed by atoms with Crippen LogP contribution in [0.2, 0.25) is 0 Å². The van der Waals surface area contributed by atoms with Crippen molar-refractivity contribution in [1.29, 1.82) is 0 Å². The molecular weight excluding hydrogens is 237 g/mol. The van der Waals surface area contributed by atoms with E-state index in [9.17, 15) is 13.2 Å². The molecule has 0 N–H and O–H groups in total. The minimum atomic E-state index is -4.30. The topological polar surface area (TPSA) is 0 Å². The molecule has 0 heterocycles. The fourth-order valence-corrected chi connectivity index (χ4v) is 1.41. The normalized spacial score (nSPS) is 10.6. The van der Waals surface area contributed by atoms with E-state index in [2.05, 4.69) is 11.8 Å². The van der Waals surface area contributed by atoms with Crippen molar-refractivity contribution >= 4 is 0 Å². The molecular formula is C15H9F3. The van der Waals surface area contributed by atoms with Crippen LogP contribution in [0.5, 0.6) is 0 Å². The van der Waals surface area contributed by atoms with Gasteiger partial charge in [-0.3, -0.25) is 0 Å². The monoisotopic (exact) mass is 246 g/mol. The number of halogens is 3. The third-order valence-electron chi connectivity index (χ3n) is 2.34. The van der Waals surface area contributed by atoms with Gasteiger partial charge in [-0.05, 0) is 36.4 Å². The van der Waals surface area contributed by atoms with E-state index in [4.69, 9.17) is 0 Å². The lowest BCUT2D eigenvalue weighted by atomic mass is 10.1. The molecule has 3 heteroatoms. The third-order valence-corrected chi connectivity index (χ3v) is 2.34. The summed E-state index contributed by atoms with van der Waals surface area (Å²) in [5.41, 5.74) is 0.733. The van der Waals surface area contributed by atoms with Crippen molar-refractivity contribution in [3.05, 3.63) is 71.3 Å². The number of benzene rings is 2. The van der Waals surface area contributed by atoms with E-state index in [0.29, 0.717) is 5.56 Å². The Hall–Kier alpha value is -2.21. The SMILES string of the molecule is FC(F)(F)c1ccc(C#Cc2ccccc2)cc1. The first-order valence-corrected chi connectivity index (χ1v) is 5.30. The van der Waals surface area contributed by atoms with Gasteiger partial charge in [0.2, 0.25) is 0 Å². The Kier molecular flexibility index (Phi) is 3.38. The van der Waals surface area contributed by atoms with Crippen LogP contribution < -0.4 is 0 Å². The van der Waals surface area contributed by atoms with Crippen LogP contribution in [0.1, 0.15) is 16.7 Å². The van der Waals surface area contributed by atoms with Gasteiger partial charge in [-0.2, -0.15) is 13.2 Å². The lowest BCUT2D eigenvalue weighted by molar-refractivity contribution is -0.137. The molecule has 0 radical (unpaired) electrons. The molecule has 0 aromatic heterocycles. The highest BCUT2D eigenvalue weighted by atomic mass is 19.4. The predicted octanol–water partition coefficient (Wildman–Crippen LogP) is 4.11. The van der Waals surface area contributed by atoms with Crippen LogP contribution in [0.15, 0.2) is 54.6 Å². The second-order valence-electron chi connectivity index (χ2n) is 3.69. The summed E-state index contributed by atoms with van der Waals surface area (Å²) in [6.45, 7) is 0. The van der Waals surface area contributed by atoms with E-state index in [0.717, 1.165) is 17.7 Å². The molecule has 18 heavy (non-hydrogen) atoms. The Bertz CT molecular complexity index is 569. The Labute approximate surface area is 103 Å². The van der Waals surface area contributed by atoms with Gasteiger partial charge in [-0.25, -0.2) is 0 Å². The van der Waals surface area contributed by atoms with Crippen molar-refractivity contribution in [2.45, 2.75) is 6.18 Å². The first kappa shape index (κ1) is 12.3. The number of alkyl halides is 3. The van der Waals surface area contributed by atoms with Crippen LogP contribution in [0, 0.1) is 11.8 Å². The molecule has 2 aromatic rings. The molecule has 0 bridgehead atoms. The van der Waals surface area contributed by atoms with Gasteiger partial charge >= 0.3 is 6.18 Å². The quantitative estimate of drug-likeness (QED) is 0.614. The van der Waals surface area contributed by atoms with Crippen molar-refractivity contribution in [2.75, 3.05) is 0 Å². The molecule has 90 valence electrons. The second kappa shape index (κ2) is 4.97. The van der Waals surface area contributed by atoms with Crippen molar-refractivity contribution in [3.8, 4) is 11.8 Å². The molecule has 0 atom stereocenters. The molecule has 0 aliphatic heterocycles. The first-order chi connectivity index (χ1) is 8.55. The highest BCUT2D eigenvalue weighted by Crippen LogP contribution is 2.28. The van der Waals surface area contributed by atoms with E-state index < -0.39 is 11.7 Å². The average molecular weight is 246 g/mol. The average Bonchev–Trinajstić information content (AvgIpc) is 2.37. The highest BCUT2D eigenvalue weighted by molar-refractivity contribution is 5.43. The third kappa shape index (κ3) is 3.14. The summed E-state index contributed by atoms with van der Waals surface area (Å²) in [4.78, 5) is 0. The fourth-order valence-electron chi connectivity index (χ4n) is 1.41. The van der Waals surface area contributed by atoms with Crippen LogP contribution in [0.4, 0.5) is 13.2 Å². The maximum absolute atomic E-state index is 12.3. The number of rotatable bonds is 0. The zero-order chi connectivity index (χ0) is 13.0. The van der Waals surface area contributed by atoms with E-state index in [1.165, 1.54) is 12.1 Å². The molecule has 0 fully saturated rings. The molecule has 0 nitrogen and oxygen atoms in total. The second-order valence-corrected chi connectivity index (χ2v) is 3.69. The summed E-state index contributed by atoms with van der Waals surface area (Å²) in [5, 5.41) is 0. The van der Waals surface area contributed by atoms with Crippen molar-refractivity contribution < 1.29 is 13.2 Å². The van der Waals surface area contributed by atoms with Gasteiger partial charge in [-0.1, -0.05) is 30.0 Å². The molecule has 0 unspecified atom stereocenters. The minimum absolute atomic E-state index is 0.562. The number of hydrogen-bond acceptors (Lipinski definition) is 0. The Morgan fingerprint density at radius 2 is 1.17 bits per heavy atom. The van der Waals surface area contributed by atoms with Crippen LogP contribution in [-0.4, -0.2) is 0 Å². The summed E-state index contributed by atoms with van der Waals surface area (Å²) in [5.74, 6) is 5.71. The Morgan fingerprint density at radius 3 is 1.67 bits per heavy atom. The van der Waals surface area contributed by atoms with Gasteiger partial charge in [0.15, 0.2) is 0 Å². The van der Waals surface area contributed by atoms with E-state index in [1.54, 1.807) is 0 Å². The molecule has 0 amide bonds. The van der Waals surface area contributed by atoms with Crippen LogP contribution in [0.25, 0.3) is 0 Å². The maximum Gasteiger partial charge on any atom is 0.416 e. The van der Waals surface area contributed by atoms with E-state index >= 15 is 0 Å². The van der Waals surface area contributed by atoms with Crippen LogP contribution in [0.3, 0.4) is 0 Å². The summed E-state index contributed by atoms with van der Waals surface area (Å²) >= 11 is 0. The largest absolute Gasteiger partial charge is 0.416 e. The van der Waals surface area contributed by atoms with E-state index in [-0.39, 0.29) is 0 Å². The Balaban J connectivity index is 2.20. The molecule has 2 rings (SSSR count). The molecule has 0 aliphatic carbocycles. The smallest absolute Gasteiger partial charge is 0.166 e. The van der Waals surface area contributed by atoms with Crippen LogP contribution >= 0.6 is 0 Å². The maximum atomic E-state index is 12.3. The van der Waals surface area contributed by atoms with Gasteiger partial charge in [0.25, 0.3) is 0 Å².